The van der Waals surface area contributed by atoms with Gasteiger partial charge in [-0.3, -0.25) is 0 Å². The second kappa shape index (κ2) is 13.5. The minimum Gasteiger partial charge on any atom is -0.549 e. The fourth-order valence-electron chi connectivity index (χ4n) is 0.126. The van der Waals surface area contributed by atoms with E-state index in [4.69, 9.17) is 0 Å². The standard InChI is InChI=1S/2C3H4Br2O2.Zn/c2*4-1-2(5)3(6)7;/h2*2H,1H2,(H,6,7);/q;;+2/p-2. The number of carbonyl (C=O) groups is 2. The van der Waals surface area contributed by atoms with Crippen LogP contribution in [0.1, 0.15) is 0 Å². The first-order chi connectivity index (χ1) is 6.36. The molecule has 9 heteroatoms. The van der Waals surface area contributed by atoms with Crippen LogP contribution in [0.3, 0.4) is 0 Å². The van der Waals surface area contributed by atoms with Crippen molar-refractivity contribution < 1.29 is 39.3 Å². The quantitative estimate of drug-likeness (QED) is 0.375. The molecule has 0 aliphatic heterocycles. The average Bonchev–Trinajstić information content (AvgIpc) is 2.15. The number of alkyl halides is 4. The SMILES string of the molecule is O=C([O-])C(Br)CBr.O=C([O-])C(Br)CBr.[Zn+2]. The molecule has 0 bridgehead atoms. The molecule has 2 atom stereocenters. The van der Waals surface area contributed by atoms with E-state index in [1.54, 1.807) is 0 Å². The number of hydrogen-bond acceptors (Lipinski definition) is 4. The van der Waals surface area contributed by atoms with E-state index in [0.29, 0.717) is 10.7 Å². The van der Waals surface area contributed by atoms with Gasteiger partial charge in [0.05, 0.1) is 21.6 Å². The van der Waals surface area contributed by atoms with Gasteiger partial charge in [0, 0.05) is 10.7 Å². The summed E-state index contributed by atoms with van der Waals surface area (Å²) in [7, 11) is 0. The fraction of sp³-hybridized carbons (Fsp3) is 0.667. The van der Waals surface area contributed by atoms with Crippen molar-refractivity contribution in [2.45, 2.75) is 9.65 Å². The molecule has 0 fully saturated rings. The molecule has 15 heavy (non-hydrogen) atoms. The number of aliphatic carboxylic acids is 2. The molecule has 0 radical (unpaired) electrons. The number of carboxylic acids is 2. The first-order valence-corrected chi connectivity index (χ1v) is 7.26. The zero-order valence-corrected chi connectivity index (χ0v) is 16.7. The maximum absolute atomic E-state index is 9.74. The van der Waals surface area contributed by atoms with Crippen molar-refractivity contribution in [3.63, 3.8) is 0 Å². The predicted octanol–water partition coefficient (Wildman–Crippen LogP) is -0.213. The van der Waals surface area contributed by atoms with Crippen molar-refractivity contribution in [2.24, 2.45) is 0 Å². The molecule has 0 aliphatic rings. The summed E-state index contributed by atoms with van der Waals surface area (Å²) in [6.07, 6.45) is 0. The second-order valence-electron chi connectivity index (χ2n) is 1.88. The third kappa shape index (κ3) is 15.5. The van der Waals surface area contributed by atoms with Crippen molar-refractivity contribution in [3.05, 3.63) is 0 Å². The zero-order chi connectivity index (χ0) is 11.7. The van der Waals surface area contributed by atoms with Crippen molar-refractivity contribution in [3.8, 4) is 0 Å². The summed E-state index contributed by atoms with van der Waals surface area (Å²) in [5, 5.41) is 20.3. The van der Waals surface area contributed by atoms with Crippen molar-refractivity contribution in [1.29, 1.82) is 0 Å². The van der Waals surface area contributed by atoms with Gasteiger partial charge in [0.25, 0.3) is 0 Å². The van der Waals surface area contributed by atoms with Gasteiger partial charge in [-0.15, -0.1) is 0 Å². The van der Waals surface area contributed by atoms with Crippen LogP contribution in [0.25, 0.3) is 0 Å². The Labute approximate surface area is 134 Å². The maximum Gasteiger partial charge on any atom is 2.00 e. The average molecular weight is 527 g/mol. The third-order valence-electron chi connectivity index (χ3n) is 0.782. The number of hydrogen-bond donors (Lipinski definition) is 0. The first kappa shape index (κ1) is 21.7. The molecule has 0 rings (SSSR count). The molecule has 0 N–H and O–H groups in total. The van der Waals surface area contributed by atoms with Gasteiger partial charge in [0.15, 0.2) is 0 Å². The molecule has 0 saturated carbocycles. The van der Waals surface area contributed by atoms with Crippen LogP contribution in [0.5, 0.6) is 0 Å². The largest absolute Gasteiger partial charge is 2.00 e. The summed E-state index contributed by atoms with van der Waals surface area (Å²) in [5.41, 5.74) is 0. The third-order valence-corrected chi connectivity index (χ3v) is 5.21. The van der Waals surface area contributed by atoms with Crippen LogP contribution in [0.15, 0.2) is 0 Å². The number of rotatable bonds is 4. The number of carbonyl (C=O) groups excluding carboxylic acids is 2. The van der Waals surface area contributed by atoms with Crippen molar-refractivity contribution >= 4 is 75.7 Å². The molecule has 0 aromatic heterocycles. The molecule has 0 aliphatic carbocycles. The molecule has 0 aromatic carbocycles. The summed E-state index contributed by atoms with van der Waals surface area (Å²) >= 11 is 11.6. The van der Waals surface area contributed by atoms with Gasteiger partial charge in [-0.2, -0.15) is 0 Å². The molecule has 0 amide bonds. The smallest absolute Gasteiger partial charge is 0.549 e. The van der Waals surface area contributed by atoms with Gasteiger partial charge in [0.2, 0.25) is 0 Å². The second-order valence-corrected chi connectivity index (χ2v) is 5.39. The Kier molecular flexibility index (Phi) is 19.6. The van der Waals surface area contributed by atoms with Crippen LogP contribution in [0.4, 0.5) is 0 Å². The Morgan fingerprint density at radius 2 is 1.13 bits per heavy atom. The van der Waals surface area contributed by atoms with Crippen LogP contribution in [-0.2, 0) is 29.1 Å². The molecule has 84 valence electrons. The van der Waals surface area contributed by atoms with Gasteiger partial charge in [-0.1, -0.05) is 63.7 Å². The normalized spacial score (nSPS) is 12.5. The van der Waals surface area contributed by atoms with E-state index in [2.05, 4.69) is 63.7 Å². The summed E-state index contributed by atoms with van der Waals surface area (Å²) < 4.78 is 0. The number of halogens is 4. The molecular weight excluding hydrogens is 521 g/mol. The van der Waals surface area contributed by atoms with Crippen LogP contribution >= 0.6 is 63.7 Å². The van der Waals surface area contributed by atoms with E-state index in [9.17, 15) is 19.8 Å². The molecule has 2 unspecified atom stereocenters. The molecule has 0 heterocycles. The summed E-state index contributed by atoms with van der Waals surface area (Å²) in [6, 6.07) is 0. The summed E-state index contributed by atoms with van der Waals surface area (Å²) in [6.45, 7) is 0. The van der Waals surface area contributed by atoms with Crippen molar-refractivity contribution in [2.75, 3.05) is 10.7 Å². The van der Waals surface area contributed by atoms with E-state index in [0.717, 1.165) is 0 Å². The van der Waals surface area contributed by atoms with Gasteiger partial charge < -0.3 is 19.8 Å². The van der Waals surface area contributed by atoms with Gasteiger partial charge >= 0.3 is 19.5 Å². The van der Waals surface area contributed by atoms with Crippen LogP contribution in [-0.4, -0.2) is 32.3 Å². The maximum atomic E-state index is 9.74. The van der Waals surface area contributed by atoms with Gasteiger partial charge in [0.1, 0.15) is 0 Å². The minimum atomic E-state index is -1.09. The van der Waals surface area contributed by atoms with E-state index in [-0.39, 0.29) is 19.5 Å². The summed E-state index contributed by atoms with van der Waals surface area (Å²) in [5.74, 6) is -2.17. The monoisotopic (exact) mass is 522 g/mol. The Morgan fingerprint density at radius 1 is 0.933 bits per heavy atom. The fourth-order valence-corrected chi connectivity index (χ4v) is 0.655. The minimum absolute atomic E-state index is 0. The van der Waals surface area contributed by atoms with Gasteiger partial charge in [-0.25, -0.2) is 0 Å². The molecular formula is C6H6Br4O4Zn. The van der Waals surface area contributed by atoms with Crippen LogP contribution in [0, 0.1) is 0 Å². The Hall–Kier alpha value is 1.48. The van der Waals surface area contributed by atoms with Gasteiger partial charge in [-0.05, 0) is 0 Å². The van der Waals surface area contributed by atoms with E-state index in [1.165, 1.54) is 0 Å². The Bertz CT molecular complexity index is 172. The molecule has 0 saturated heterocycles. The molecule has 0 spiro atoms. The Morgan fingerprint density at radius 3 is 1.13 bits per heavy atom. The van der Waals surface area contributed by atoms with Crippen LogP contribution in [0.2, 0.25) is 0 Å². The predicted molar refractivity (Wildman–Crippen MR) is 63.0 cm³/mol. The number of carboxylic acid groups (broad SMARTS) is 2. The zero-order valence-electron chi connectivity index (χ0n) is 7.42. The van der Waals surface area contributed by atoms with Crippen molar-refractivity contribution in [1.82, 2.24) is 0 Å². The van der Waals surface area contributed by atoms with E-state index < -0.39 is 21.6 Å². The molecule has 0 aromatic rings. The summed E-state index contributed by atoms with van der Waals surface area (Å²) in [4.78, 5) is 18.4. The first-order valence-electron chi connectivity index (χ1n) is 3.18. The Balaban J connectivity index is -0.000000180. The van der Waals surface area contributed by atoms with Crippen LogP contribution < -0.4 is 10.2 Å². The van der Waals surface area contributed by atoms with E-state index >= 15 is 0 Å². The topological polar surface area (TPSA) is 80.3 Å². The molecule has 4 nitrogen and oxygen atoms in total. The van der Waals surface area contributed by atoms with E-state index in [1.807, 2.05) is 0 Å².